The van der Waals surface area contributed by atoms with Crippen molar-refractivity contribution >= 4 is 43.7 Å². The van der Waals surface area contributed by atoms with Crippen LogP contribution in [0.5, 0.6) is 11.5 Å². The molecule has 6 heteroatoms. The molecule has 51 heavy (non-hydrogen) atoms. The molecule has 0 bridgehead atoms. The van der Waals surface area contributed by atoms with Gasteiger partial charge in [0.15, 0.2) is 29.0 Å². The Labute approximate surface area is 291 Å². The van der Waals surface area contributed by atoms with Crippen molar-refractivity contribution in [3.63, 3.8) is 0 Å². The zero-order valence-electron chi connectivity index (χ0n) is 27.1. The fourth-order valence-corrected chi connectivity index (χ4v) is 7.52. The van der Waals surface area contributed by atoms with Gasteiger partial charge in [0.05, 0.1) is 16.7 Å². The van der Waals surface area contributed by atoms with Gasteiger partial charge in [0.25, 0.3) is 0 Å². The maximum absolute atomic E-state index is 6.59. The van der Waals surface area contributed by atoms with Crippen LogP contribution in [0.1, 0.15) is 0 Å². The van der Waals surface area contributed by atoms with Crippen LogP contribution >= 0.6 is 0 Å². The minimum absolute atomic E-state index is 0.590. The summed E-state index contributed by atoms with van der Waals surface area (Å²) in [6.07, 6.45) is 0. The number of fused-ring (bicyclic) bond motifs is 8. The smallest absolute Gasteiger partial charge is 0.164 e. The summed E-state index contributed by atoms with van der Waals surface area (Å²) in [5.41, 5.74) is 9.70. The molecule has 1 aliphatic rings. The molecule has 0 spiro atoms. The Hall–Kier alpha value is -7.05. The molecule has 7 aromatic carbocycles. The first-order valence-electron chi connectivity index (χ1n) is 16.9. The number of benzene rings is 7. The van der Waals surface area contributed by atoms with E-state index in [1.54, 1.807) is 0 Å². The van der Waals surface area contributed by atoms with Gasteiger partial charge < -0.3 is 13.7 Å². The third-order valence-electron chi connectivity index (χ3n) is 9.85. The highest BCUT2D eigenvalue weighted by atomic mass is 16.5. The molecule has 0 saturated carbocycles. The van der Waals surface area contributed by atoms with E-state index in [0.717, 1.165) is 72.5 Å². The molecule has 0 aliphatic carbocycles. The number of rotatable bonds is 4. The van der Waals surface area contributed by atoms with Crippen molar-refractivity contribution in [2.24, 2.45) is 0 Å². The summed E-state index contributed by atoms with van der Waals surface area (Å²) in [6, 6.07) is 53.8. The average molecular weight is 655 g/mol. The highest BCUT2D eigenvalue weighted by Crippen LogP contribution is 2.47. The lowest BCUT2D eigenvalue weighted by Gasteiger charge is -2.21. The highest BCUT2D eigenvalue weighted by molar-refractivity contribution is 6.13. The van der Waals surface area contributed by atoms with E-state index in [2.05, 4.69) is 77.4 Å². The van der Waals surface area contributed by atoms with Crippen molar-refractivity contribution in [2.75, 3.05) is 0 Å². The Morgan fingerprint density at radius 2 is 1.10 bits per heavy atom. The quantitative estimate of drug-likeness (QED) is 0.189. The van der Waals surface area contributed by atoms with Gasteiger partial charge in [0.1, 0.15) is 11.2 Å². The minimum atomic E-state index is 0.590. The number of hydrogen-bond acceptors (Lipinski definition) is 5. The molecule has 0 unspecified atom stereocenters. The summed E-state index contributed by atoms with van der Waals surface area (Å²) < 4.78 is 15.3. The summed E-state index contributed by atoms with van der Waals surface area (Å²) in [6.45, 7) is 0. The van der Waals surface area contributed by atoms with Gasteiger partial charge in [0, 0.05) is 38.2 Å². The van der Waals surface area contributed by atoms with E-state index in [-0.39, 0.29) is 0 Å². The molecule has 4 heterocycles. The fraction of sp³-hybridized carbons (Fsp3) is 0. The Kier molecular flexibility index (Phi) is 5.86. The van der Waals surface area contributed by atoms with Gasteiger partial charge in [0.2, 0.25) is 0 Å². The van der Waals surface area contributed by atoms with E-state index in [4.69, 9.17) is 24.1 Å². The molecule has 11 rings (SSSR count). The van der Waals surface area contributed by atoms with E-state index in [1.165, 1.54) is 16.3 Å². The Bertz CT molecular complexity index is 2940. The van der Waals surface area contributed by atoms with Crippen molar-refractivity contribution in [1.29, 1.82) is 0 Å². The molecule has 0 amide bonds. The first kappa shape index (κ1) is 27.9. The average Bonchev–Trinajstić information content (AvgIpc) is 3.75. The van der Waals surface area contributed by atoms with Crippen LogP contribution in [0.2, 0.25) is 0 Å². The van der Waals surface area contributed by atoms with E-state index in [1.807, 2.05) is 84.9 Å². The predicted molar refractivity (Wildman–Crippen MR) is 203 cm³/mol. The summed E-state index contributed by atoms with van der Waals surface area (Å²) in [5.74, 6) is 3.50. The molecule has 238 valence electrons. The molecule has 1 aliphatic heterocycles. The molecular formula is C45H26N4O2. The number of aromatic nitrogens is 4. The van der Waals surface area contributed by atoms with Gasteiger partial charge in [-0.1, -0.05) is 115 Å². The molecule has 0 atom stereocenters. The molecule has 6 nitrogen and oxygen atoms in total. The number of nitrogens with zero attached hydrogens (tertiary/aromatic N) is 4. The summed E-state index contributed by atoms with van der Waals surface area (Å²) >= 11 is 0. The number of hydrogen-bond donors (Lipinski definition) is 0. The second-order valence-electron chi connectivity index (χ2n) is 12.8. The number of furan rings is 1. The highest BCUT2D eigenvalue weighted by Gasteiger charge is 2.24. The largest absolute Gasteiger partial charge is 0.456 e. The number of para-hydroxylation sites is 2. The van der Waals surface area contributed by atoms with E-state index < -0.39 is 0 Å². The molecule has 10 aromatic rings. The second kappa shape index (κ2) is 10.7. The molecular weight excluding hydrogens is 629 g/mol. The van der Waals surface area contributed by atoms with Crippen LogP contribution in [0, 0.1) is 0 Å². The Balaban J connectivity index is 1.08. The van der Waals surface area contributed by atoms with E-state index in [0.29, 0.717) is 17.5 Å². The van der Waals surface area contributed by atoms with Gasteiger partial charge in [-0.2, -0.15) is 0 Å². The van der Waals surface area contributed by atoms with Crippen LogP contribution in [0.25, 0.3) is 94.7 Å². The van der Waals surface area contributed by atoms with Crippen LogP contribution in [0.15, 0.2) is 162 Å². The van der Waals surface area contributed by atoms with Crippen LogP contribution in [-0.2, 0) is 0 Å². The first-order chi connectivity index (χ1) is 25.3. The summed E-state index contributed by atoms with van der Waals surface area (Å²) in [7, 11) is 0. The lowest BCUT2D eigenvalue weighted by molar-refractivity contribution is 0.476. The lowest BCUT2D eigenvalue weighted by atomic mass is 9.99. The molecule has 0 fully saturated rings. The van der Waals surface area contributed by atoms with Crippen LogP contribution in [0.4, 0.5) is 0 Å². The standard InChI is InChI=1S/C45H26N4O2/c1-3-11-27(12-4-1)43-46-44(28-13-5-2-6-14-28)48-45(47-43)33-17-10-19-38-41(33)34-25-29(22-24-37(34)50-38)30-21-23-36-40(26-30)51-39-20-9-16-32-31-15-7-8-18-35(31)49(36)42(32)39/h1-26H. The Morgan fingerprint density at radius 1 is 0.431 bits per heavy atom. The zero-order valence-corrected chi connectivity index (χ0v) is 27.1. The molecule has 0 N–H and O–H groups in total. The van der Waals surface area contributed by atoms with Crippen LogP contribution < -0.4 is 4.74 Å². The van der Waals surface area contributed by atoms with Gasteiger partial charge >= 0.3 is 0 Å². The molecule has 0 radical (unpaired) electrons. The SMILES string of the molecule is c1ccc(-c2nc(-c3ccccc3)nc(-c3cccc4oc5ccc(-c6ccc7c(c6)Oc6cccc8c9ccccc9n-7c68)cc5c34)n2)cc1. The van der Waals surface area contributed by atoms with E-state index >= 15 is 0 Å². The van der Waals surface area contributed by atoms with E-state index in [9.17, 15) is 0 Å². The summed E-state index contributed by atoms with van der Waals surface area (Å²) in [4.78, 5) is 15.0. The third-order valence-corrected chi connectivity index (χ3v) is 9.85. The third kappa shape index (κ3) is 4.26. The topological polar surface area (TPSA) is 66.0 Å². The van der Waals surface area contributed by atoms with Crippen molar-refractivity contribution in [1.82, 2.24) is 19.5 Å². The molecule has 0 saturated heterocycles. The lowest BCUT2D eigenvalue weighted by Crippen LogP contribution is -2.04. The zero-order chi connectivity index (χ0) is 33.5. The van der Waals surface area contributed by atoms with Gasteiger partial charge in [-0.3, -0.25) is 0 Å². The van der Waals surface area contributed by atoms with Gasteiger partial charge in [-0.15, -0.1) is 0 Å². The monoisotopic (exact) mass is 654 g/mol. The maximum atomic E-state index is 6.59. The van der Waals surface area contributed by atoms with Crippen molar-refractivity contribution in [2.45, 2.75) is 0 Å². The van der Waals surface area contributed by atoms with Crippen molar-refractivity contribution in [3.8, 4) is 62.5 Å². The minimum Gasteiger partial charge on any atom is -0.456 e. The number of ether oxygens (including phenoxy) is 1. The Morgan fingerprint density at radius 3 is 1.90 bits per heavy atom. The first-order valence-corrected chi connectivity index (χ1v) is 16.9. The second-order valence-corrected chi connectivity index (χ2v) is 12.8. The van der Waals surface area contributed by atoms with Gasteiger partial charge in [-0.25, -0.2) is 15.0 Å². The van der Waals surface area contributed by atoms with Gasteiger partial charge in [-0.05, 0) is 53.6 Å². The van der Waals surface area contributed by atoms with Crippen LogP contribution in [0.3, 0.4) is 0 Å². The predicted octanol–water partition coefficient (Wildman–Crippen LogP) is 11.6. The summed E-state index contributed by atoms with van der Waals surface area (Å²) in [5, 5.41) is 4.36. The van der Waals surface area contributed by atoms with Crippen molar-refractivity contribution in [3.05, 3.63) is 158 Å². The maximum Gasteiger partial charge on any atom is 0.164 e. The fourth-order valence-electron chi connectivity index (χ4n) is 7.52. The van der Waals surface area contributed by atoms with Crippen molar-refractivity contribution < 1.29 is 9.15 Å². The molecule has 3 aromatic heterocycles. The normalized spacial score (nSPS) is 12.1. The van der Waals surface area contributed by atoms with Crippen LogP contribution in [-0.4, -0.2) is 19.5 Å².